The van der Waals surface area contributed by atoms with Crippen LogP contribution in [0.3, 0.4) is 0 Å². The van der Waals surface area contributed by atoms with Crippen molar-refractivity contribution in [3.63, 3.8) is 0 Å². The van der Waals surface area contributed by atoms with Crippen LogP contribution in [0.1, 0.15) is 0 Å². The molecule has 8 nitrogen and oxygen atoms in total. The van der Waals surface area contributed by atoms with E-state index in [2.05, 4.69) is 0 Å². The van der Waals surface area contributed by atoms with Gasteiger partial charge in [-0.15, -0.1) is 0 Å². The van der Waals surface area contributed by atoms with Crippen LogP contribution < -0.4 is 4.72 Å². The highest BCUT2D eigenvalue weighted by atomic mass is 32.2. The number of hydrogen-bond acceptors (Lipinski definition) is 7. The lowest BCUT2D eigenvalue weighted by atomic mass is 9.98. The Hall–Kier alpha value is -0.290. The third-order valence-corrected chi connectivity index (χ3v) is 2.95. The van der Waals surface area contributed by atoms with Crippen molar-refractivity contribution in [2.75, 3.05) is 12.9 Å². The van der Waals surface area contributed by atoms with Crippen LogP contribution in [0.15, 0.2) is 0 Å². The van der Waals surface area contributed by atoms with Gasteiger partial charge in [-0.1, -0.05) is 0 Å². The Morgan fingerprint density at radius 3 is 2.25 bits per heavy atom. The standard InChI is InChI=1S/C7H15NO7S/c1-16(13,14)8-4-6(11)5(10)3(2-9)15-7(4)12/h3-12H,2H2,1H3. The van der Waals surface area contributed by atoms with Crippen molar-refractivity contribution in [1.82, 2.24) is 4.72 Å². The van der Waals surface area contributed by atoms with Crippen molar-refractivity contribution < 1.29 is 33.6 Å². The zero-order valence-electron chi connectivity index (χ0n) is 8.52. The maximum absolute atomic E-state index is 10.9. The molecule has 9 heteroatoms. The fraction of sp³-hybridized carbons (Fsp3) is 1.00. The Bertz CT molecular complexity index is 332. The maximum Gasteiger partial charge on any atom is 0.209 e. The molecular formula is C7H15NO7S. The van der Waals surface area contributed by atoms with Crippen molar-refractivity contribution in [1.29, 1.82) is 0 Å². The van der Waals surface area contributed by atoms with Gasteiger partial charge in [-0.05, 0) is 0 Å². The van der Waals surface area contributed by atoms with Gasteiger partial charge >= 0.3 is 0 Å². The molecule has 0 aromatic heterocycles. The average Bonchev–Trinajstić information content (AvgIpc) is 2.17. The largest absolute Gasteiger partial charge is 0.394 e. The van der Waals surface area contributed by atoms with Crippen LogP contribution in [-0.2, 0) is 14.8 Å². The van der Waals surface area contributed by atoms with Crippen LogP contribution in [0.4, 0.5) is 0 Å². The molecule has 1 heterocycles. The van der Waals surface area contributed by atoms with Crippen molar-refractivity contribution in [3.05, 3.63) is 0 Å². The van der Waals surface area contributed by atoms with Gasteiger partial charge in [0.15, 0.2) is 6.29 Å². The smallest absolute Gasteiger partial charge is 0.209 e. The number of hydrogen-bond donors (Lipinski definition) is 5. The summed E-state index contributed by atoms with van der Waals surface area (Å²) in [6, 6.07) is -1.37. The number of ether oxygens (including phenoxy) is 1. The normalized spacial score (nSPS) is 40.9. The summed E-state index contributed by atoms with van der Waals surface area (Å²) < 4.78 is 28.5. The minimum absolute atomic E-state index is 0.596. The van der Waals surface area contributed by atoms with Crippen molar-refractivity contribution >= 4 is 10.0 Å². The zero-order chi connectivity index (χ0) is 12.5. The van der Waals surface area contributed by atoms with Gasteiger partial charge in [0, 0.05) is 0 Å². The number of rotatable bonds is 3. The molecule has 1 fully saturated rings. The Kier molecular flexibility index (Phi) is 4.23. The second-order valence-electron chi connectivity index (χ2n) is 3.64. The molecule has 0 bridgehead atoms. The van der Waals surface area contributed by atoms with E-state index in [1.165, 1.54) is 0 Å². The molecule has 0 amide bonds. The van der Waals surface area contributed by atoms with Crippen LogP contribution in [0.2, 0.25) is 0 Å². The monoisotopic (exact) mass is 257 g/mol. The van der Waals surface area contributed by atoms with Gasteiger partial charge in [0.25, 0.3) is 0 Å². The summed E-state index contributed by atoms with van der Waals surface area (Å²) in [6.07, 6.45) is -4.98. The second kappa shape index (κ2) is 4.92. The number of sulfonamides is 1. The minimum atomic E-state index is -3.66. The summed E-state index contributed by atoms with van der Waals surface area (Å²) in [7, 11) is -3.66. The van der Waals surface area contributed by atoms with Crippen molar-refractivity contribution in [2.24, 2.45) is 0 Å². The molecular weight excluding hydrogens is 242 g/mol. The summed E-state index contributed by atoms with van der Waals surface area (Å²) >= 11 is 0. The van der Waals surface area contributed by atoms with Crippen LogP contribution >= 0.6 is 0 Å². The molecule has 0 aromatic carbocycles. The van der Waals surface area contributed by atoms with E-state index in [4.69, 9.17) is 9.84 Å². The lowest BCUT2D eigenvalue weighted by molar-refractivity contribution is -0.251. The highest BCUT2D eigenvalue weighted by Crippen LogP contribution is 2.19. The van der Waals surface area contributed by atoms with E-state index in [9.17, 15) is 23.7 Å². The van der Waals surface area contributed by atoms with Gasteiger partial charge in [0.1, 0.15) is 24.4 Å². The second-order valence-corrected chi connectivity index (χ2v) is 5.42. The summed E-state index contributed by atoms with van der Waals surface area (Å²) in [5.74, 6) is 0. The summed E-state index contributed by atoms with van der Waals surface area (Å²) in [5.41, 5.74) is 0. The van der Waals surface area contributed by atoms with Gasteiger partial charge < -0.3 is 25.2 Å². The first-order valence-corrected chi connectivity index (χ1v) is 6.43. The molecule has 5 atom stereocenters. The Morgan fingerprint density at radius 1 is 1.25 bits per heavy atom. The van der Waals surface area contributed by atoms with Crippen LogP contribution in [-0.4, -0.2) is 72.4 Å². The molecule has 1 aliphatic rings. The molecule has 5 N–H and O–H groups in total. The Labute approximate surface area is 92.5 Å². The van der Waals surface area contributed by atoms with Crippen LogP contribution in [0.5, 0.6) is 0 Å². The number of aliphatic hydroxyl groups excluding tert-OH is 4. The Balaban J connectivity index is 2.80. The lowest BCUT2D eigenvalue weighted by Gasteiger charge is -2.39. The molecule has 0 aromatic rings. The summed E-state index contributed by atoms with van der Waals surface area (Å²) in [6.45, 7) is -0.596. The van der Waals surface area contributed by atoms with E-state index in [-0.39, 0.29) is 0 Å². The van der Waals surface area contributed by atoms with Gasteiger partial charge in [-0.2, -0.15) is 0 Å². The third kappa shape index (κ3) is 3.10. The van der Waals surface area contributed by atoms with E-state index < -0.39 is 47.3 Å². The molecule has 1 saturated heterocycles. The van der Waals surface area contributed by atoms with Crippen LogP contribution in [0.25, 0.3) is 0 Å². The highest BCUT2D eigenvalue weighted by molar-refractivity contribution is 7.88. The van der Waals surface area contributed by atoms with Crippen molar-refractivity contribution in [3.8, 4) is 0 Å². The lowest BCUT2D eigenvalue weighted by Crippen LogP contribution is -2.63. The topological polar surface area (TPSA) is 136 Å². The molecule has 0 saturated carbocycles. The molecule has 0 radical (unpaired) electrons. The maximum atomic E-state index is 10.9. The van der Waals surface area contributed by atoms with Crippen LogP contribution in [0, 0.1) is 0 Å². The van der Waals surface area contributed by atoms with E-state index in [1.807, 2.05) is 4.72 Å². The molecule has 5 unspecified atom stereocenters. The highest BCUT2D eigenvalue weighted by Gasteiger charge is 2.44. The average molecular weight is 257 g/mol. The quantitative estimate of drug-likeness (QED) is 0.351. The molecule has 0 spiro atoms. The van der Waals surface area contributed by atoms with Gasteiger partial charge in [-0.3, -0.25) is 0 Å². The molecule has 1 rings (SSSR count). The van der Waals surface area contributed by atoms with E-state index in [0.29, 0.717) is 0 Å². The first-order valence-electron chi connectivity index (χ1n) is 4.54. The first-order chi connectivity index (χ1) is 7.26. The zero-order valence-corrected chi connectivity index (χ0v) is 9.33. The molecule has 96 valence electrons. The summed E-state index contributed by atoms with van der Waals surface area (Å²) in [4.78, 5) is 0. The molecule has 0 aliphatic carbocycles. The molecule has 16 heavy (non-hydrogen) atoms. The first kappa shape index (κ1) is 13.8. The number of aliphatic hydroxyl groups is 4. The summed E-state index contributed by atoms with van der Waals surface area (Å²) in [5, 5.41) is 37.1. The Morgan fingerprint density at radius 2 is 1.81 bits per heavy atom. The van der Waals surface area contributed by atoms with Crippen molar-refractivity contribution in [2.45, 2.75) is 30.6 Å². The van der Waals surface area contributed by atoms with E-state index in [1.54, 1.807) is 0 Å². The SMILES string of the molecule is CS(=O)(=O)NC1C(O)OC(CO)C(O)C1O. The van der Waals surface area contributed by atoms with E-state index >= 15 is 0 Å². The molecule has 1 aliphatic heterocycles. The predicted octanol–water partition coefficient (Wildman–Crippen LogP) is -3.66. The van der Waals surface area contributed by atoms with Gasteiger partial charge in [-0.25, -0.2) is 13.1 Å². The predicted molar refractivity (Wildman–Crippen MR) is 51.7 cm³/mol. The van der Waals surface area contributed by atoms with E-state index in [0.717, 1.165) is 6.26 Å². The fourth-order valence-corrected chi connectivity index (χ4v) is 2.22. The third-order valence-electron chi connectivity index (χ3n) is 2.25. The minimum Gasteiger partial charge on any atom is -0.394 e. The van der Waals surface area contributed by atoms with Gasteiger partial charge in [0.05, 0.1) is 12.9 Å². The van der Waals surface area contributed by atoms with Gasteiger partial charge in [0.2, 0.25) is 10.0 Å². The number of nitrogens with one attached hydrogen (secondary N) is 1. The fourth-order valence-electron chi connectivity index (χ4n) is 1.47.